The second kappa shape index (κ2) is 4.45. The van der Waals surface area contributed by atoms with Crippen molar-refractivity contribution in [2.75, 3.05) is 6.61 Å². The van der Waals surface area contributed by atoms with E-state index >= 15 is 0 Å². The van der Waals surface area contributed by atoms with Crippen molar-refractivity contribution in [3.05, 3.63) is 0 Å². The van der Waals surface area contributed by atoms with Gasteiger partial charge in [0.1, 0.15) is 0 Å². The Kier molecular flexibility index (Phi) is 3.53. The zero-order valence-corrected chi connectivity index (χ0v) is 7.20. The van der Waals surface area contributed by atoms with Crippen molar-refractivity contribution in [3.8, 4) is 0 Å². The molecule has 0 aromatic rings. The number of carboxylic acid groups (broad SMARTS) is 1. The van der Waals surface area contributed by atoms with Crippen LogP contribution in [0.5, 0.6) is 0 Å². The average Bonchev–Trinajstić information content (AvgIpc) is 2.05. The number of aliphatic hydroxyl groups excluding tert-OH is 1. The van der Waals surface area contributed by atoms with Crippen molar-refractivity contribution < 1.29 is 15.0 Å². The molecular weight excluding hydrogens is 156 g/mol. The maximum Gasteiger partial charge on any atom is 0.303 e. The Labute approximate surface area is 72.4 Å². The molecule has 0 spiro atoms. The Morgan fingerprint density at radius 3 is 2.08 bits per heavy atom. The third-order valence-electron chi connectivity index (χ3n) is 2.69. The van der Waals surface area contributed by atoms with Crippen LogP contribution in [-0.2, 0) is 4.79 Å². The second-order valence-electron chi connectivity index (χ2n) is 3.67. The molecule has 0 aromatic heterocycles. The van der Waals surface area contributed by atoms with Crippen molar-refractivity contribution in [2.24, 2.45) is 11.8 Å². The maximum atomic E-state index is 10.4. The number of carboxylic acids is 1. The normalized spacial score (nSPS) is 30.1. The van der Waals surface area contributed by atoms with Crippen molar-refractivity contribution in [1.82, 2.24) is 0 Å². The highest BCUT2D eigenvalue weighted by atomic mass is 16.4. The number of aliphatic hydroxyl groups is 1. The van der Waals surface area contributed by atoms with E-state index in [1.165, 1.54) is 0 Å². The largest absolute Gasteiger partial charge is 0.481 e. The van der Waals surface area contributed by atoms with E-state index < -0.39 is 5.97 Å². The maximum absolute atomic E-state index is 10.4. The first kappa shape index (κ1) is 9.52. The molecule has 1 rings (SSSR count). The van der Waals surface area contributed by atoms with E-state index in [2.05, 4.69) is 0 Å². The van der Waals surface area contributed by atoms with Crippen LogP contribution in [0.3, 0.4) is 0 Å². The number of carbonyl (C=O) groups is 1. The zero-order chi connectivity index (χ0) is 8.97. The van der Waals surface area contributed by atoms with Crippen LogP contribution >= 0.6 is 0 Å². The van der Waals surface area contributed by atoms with Gasteiger partial charge in [-0.05, 0) is 37.5 Å². The highest BCUT2D eigenvalue weighted by Crippen LogP contribution is 2.30. The van der Waals surface area contributed by atoms with E-state index in [1.807, 2.05) is 0 Å². The van der Waals surface area contributed by atoms with Gasteiger partial charge in [0.25, 0.3) is 0 Å². The summed E-state index contributed by atoms with van der Waals surface area (Å²) in [4.78, 5) is 10.4. The van der Waals surface area contributed by atoms with Gasteiger partial charge in [-0.1, -0.05) is 0 Å². The van der Waals surface area contributed by atoms with Gasteiger partial charge in [-0.25, -0.2) is 0 Å². The van der Waals surface area contributed by atoms with Crippen LogP contribution in [-0.4, -0.2) is 22.8 Å². The molecule has 1 saturated carbocycles. The van der Waals surface area contributed by atoms with Gasteiger partial charge in [0.15, 0.2) is 0 Å². The molecule has 0 aliphatic heterocycles. The first-order valence-corrected chi connectivity index (χ1v) is 4.55. The van der Waals surface area contributed by atoms with Crippen molar-refractivity contribution in [1.29, 1.82) is 0 Å². The molecule has 2 N–H and O–H groups in total. The molecule has 1 fully saturated rings. The second-order valence-corrected chi connectivity index (χ2v) is 3.67. The smallest absolute Gasteiger partial charge is 0.303 e. The van der Waals surface area contributed by atoms with Gasteiger partial charge in [0, 0.05) is 13.0 Å². The Balaban J connectivity index is 2.21. The highest BCUT2D eigenvalue weighted by molar-refractivity contribution is 5.67. The summed E-state index contributed by atoms with van der Waals surface area (Å²) in [5, 5.41) is 17.4. The van der Waals surface area contributed by atoms with E-state index in [4.69, 9.17) is 10.2 Å². The summed E-state index contributed by atoms with van der Waals surface area (Å²) < 4.78 is 0. The van der Waals surface area contributed by atoms with E-state index in [1.54, 1.807) is 0 Å². The lowest BCUT2D eigenvalue weighted by Gasteiger charge is -2.25. The fourth-order valence-electron chi connectivity index (χ4n) is 1.87. The van der Waals surface area contributed by atoms with Gasteiger partial charge in [-0.3, -0.25) is 4.79 Å². The molecule has 0 amide bonds. The predicted molar refractivity (Wildman–Crippen MR) is 44.8 cm³/mol. The van der Waals surface area contributed by atoms with Crippen LogP contribution in [0.2, 0.25) is 0 Å². The van der Waals surface area contributed by atoms with Gasteiger partial charge in [0.2, 0.25) is 0 Å². The van der Waals surface area contributed by atoms with Crippen LogP contribution in [0.4, 0.5) is 0 Å². The standard InChI is InChI=1S/C9H16O3/c10-6-8-3-1-7(2-4-8)5-9(11)12/h7-8,10H,1-6H2,(H,11,12)/t7-,8-. The quantitative estimate of drug-likeness (QED) is 0.673. The summed E-state index contributed by atoms with van der Waals surface area (Å²) in [6.45, 7) is 0.264. The minimum absolute atomic E-state index is 0.264. The third kappa shape index (κ3) is 2.81. The monoisotopic (exact) mass is 172 g/mol. The minimum atomic E-state index is -0.692. The fourth-order valence-corrected chi connectivity index (χ4v) is 1.87. The lowest BCUT2D eigenvalue weighted by Crippen LogP contribution is -2.19. The first-order chi connectivity index (χ1) is 5.72. The highest BCUT2D eigenvalue weighted by Gasteiger charge is 2.21. The van der Waals surface area contributed by atoms with E-state index in [9.17, 15) is 4.79 Å². The van der Waals surface area contributed by atoms with Gasteiger partial charge >= 0.3 is 5.97 Å². The minimum Gasteiger partial charge on any atom is -0.481 e. The molecule has 3 heteroatoms. The summed E-state index contributed by atoms with van der Waals surface area (Å²) in [6.07, 6.45) is 4.23. The molecular formula is C9H16O3. The first-order valence-electron chi connectivity index (χ1n) is 4.55. The zero-order valence-electron chi connectivity index (χ0n) is 7.20. The Morgan fingerprint density at radius 2 is 1.67 bits per heavy atom. The molecule has 0 unspecified atom stereocenters. The topological polar surface area (TPSA) is 57.5 Å². The van der Waals surface area contributed by atoms with Crippen LogP contribution < -0.4 is 0 Å². The van der Waals surface area contributed by atoms with Crippen LogP contribution in [0, 0.1) is 11.8 Å². The molecule has 0 atom stereocenters. The van der Waals surface area contributed by atoms with Crippen molar-refractivity contribution in [3.63, 3.8) is 0 Å². The van der Waals surface area contributed by atoms with Crippen LogP contribution in [0.1, 0.15) is 32.1 Å². The summed E-state index contributed by atoms with van der Waals surface area (Å²) in [6, 6.07) is 0. The molecule has 12 heavy (non-hydrogen) atoms. The van der Waals surface area contributed by atoms with Gasteiger partial charge in [0.05, 0.1) is 0 Å². The fraction of sp³-hybridized carbons (Fsp3) is 0.889. The molecule has 1 aliphatic rings. The summed E-state index contributed by atoms with van der Waals surface area (Å²) in [5.74, 6) is 0.0859. The Morgan fingerprint density at radius 1 is 1.17 bits per heavy atom. The van der Waals surface area contributed by atoms with Gasteiger partial charge in [-0.2, -0.15) is 0 Å². The lowest BCUT2D eigenvalue weighted by atomic mass is 9.81. The van der Waals surface area contributed by atoms with E-state index in [0.29, 0.717) is 18.3 Å². The van der Waals surface area contributed by atoms with Crippen LogP contribution in [0.15, 0.2) is 0 Å². The Hall–Kier alpha value is -0.570. The number of aliphatic carboxylic acids is 1. The van der Waals surface area contributed by atoms with E-state index in [0.717, 1.165) is 25.7 Å². The molecule has 0 saturated heterocycles. The third-order valence-corrected chi connectivity index (χ3v) is 2.69. The SMILES string of the molecule is O=C(O)C[C@H]1CC[C@H](CO)CC1. The van der Waals surface area contributed by atoms with Crippen molar-refractivity contribution in [2.45, 2.75) is 32.1 Å². The predicted octanol–water partition coefficient (Wildman–Crippen LogP) is 1.26. The Bertz CT molecular complexity index is 148. The molecule has 70 valence electrons. The number of rotatable bonds is 3. The number of hydrogen-bond donors (Lipinski definition) is 2. The van der Waals surface area contributed by atoms with Crippen molar-refractivity contribution >= 4 is 5.97 Å². The average molecular weight is 172 g/mol. The van der Waals surface area contributed by atoms with E-state index in [-0.39, 0.29) is 6.61 Å². The molecule has 0 bridgehead atoms. The number of hydrogen-bond acceptors (Lipinski definition) is 2. The van der Waals surface area contributed by atoms with Gasteiger partial charge < -0.3 is 10.2 Å². The lowest BCUT2D eigenvalue weighted by molar-refractivity contribution is -0.138. The summed E-state index contributed by atoms with van der Waals surface area (Å²) >= 11 is 0. The molecule has 3 nitrogen and oxygen atoms in total. The summed E-state index contributed by atoms with van der Waals surface area (Å²) in [5.41, 5.74) is 0. The molecule has 0 radical (unpaired) electrons. The van der Waals surface area contributed by atoms with Gasteiger partial charge in [-0.15, -0.1) is 0 Å². The van der Waals surface area contributed by atoms with Crippen LogP contribution in [0.25, 0.3) is 0 Å². The molecule has 0 heterocycles. The summed E-state index contributed by atoms with van der Waals surface area (Å²) in [7, 11) is 0. The molecule has 0 aromatic carbocycles. The molecule has 1 aliphatic carbocycles.